The van der Waals surface area contributed by atoms with Crippen molar-refractivity contribution in [3.63, 3.8) is 0 Å². The zero-order valence-electron chi connectivity index (χ0n) is 38.5. The minimum atomic E-state index is -1.16. The average Bonchev–Trinajstić information content (AvgIpc) is 4.13. The van der Waals surface area contributed by atoms with Crippen LogP contribution in [-0.4, -0.2) is 130 Å². The zero-order valence-corrected chi connectivity index (χ0v) is 38.5. The third kappa shape index (κ3) is 10.2. The lowest BCUT2D eigenvalue weighted by molar-refractivity contribution is -0.145. The molecule has 2 bridgehead atoms. The van der Waals surface area contributed by atoms with Gasteiger partial charge in [0.2, 0.25) is 41.4 Å². The first-order valence-electron chi connectivity index (χ1n) is 23.9. The normalized spacial score (nSPS) is 27.9. The number of carbonyl (C=O) groups is 8. The summed E-state index contributed by atoms with van der Waals surface area (Å²) in [7, 11) is 0. The number of rotatable bonds is 6. The van der Waals surface area contributed by atoms with Gasteiger partial charge in [-0.1, -0.05) is 92.7 Å². The predicted molar refractivity (Wildman–Crippen MR) is 249 cm³/mol. The molecule has 0 spiro atoms. The molecular weight excluding hydrogens is 853 g/mol. The first kappa shape index (κ1) is 46.9. The quantitative estimate of drug-likeness (QED) is 0.289. The molecule has 3 aromatic carbocycles. The van der Waals surface area contributed by atoms with E-state index in [1.54, 1.807) is 19.1 Å². The topological polar surface area (TPSA) is 198 Å². The summed E-state index contributed by atoms with van der Waals surface area (Å²) in [5, 5.41) is 11.8. The summed E-state index contributed by atoms with van der Waals surface area (Å²) in [6, 6.07) is 17.3. The Morgan fingerprint density at radius 3 is 1.49 bits per heavy atom. The predicted octanol–water partition coefficient (Wildman–Crippen LogP) is 2.42. The summed E-state index contributed by atoms with van der Waals surface area (Å²) < 4.78 is 0. The van der Waals surface area contributed by atoms with E-state index < -0.39 is 95.6 Å². The number of hydrogen-bond acceptors (Lipinski definition) is 8. The van der Waals surface area contributed by atoms with Crippen LogP contribution in [0.15, 0.2) is 84.9 Å². The van der Waals surface area contributed by atoms with Gasteiger partial charge in [-0.15, -0.1) is 0 Å². The molecule has 8 amide bonds. The maximum absolute atomic E-state index is 14.8. The van der Waals surface area contributed by atoms with Gasteiger partial charge in [-0.25, -0.2) is 0 Å². The second-order valence-electron chi connectivity index (χ2n) is 19.0. The fourth-order valence-corrected chi connectivity index (χ4v) is 10.6. The first-order chi connectivity index (χ1) is 32.3. The van der Waals surface area contributed by atoms with Crippen molar-refractivity contribution in [1.82, 2.24) is 36.0 Å². The number of hydrogen-bond donors (Lipinski definition) is 4. The van der Waals surface area contributed by atoms with Gasteiger partial charge in [0.05, 0.1) is 0 Å². The van der Waals surface area contributed by atoms with Gasteiger partial charge in [-0.2, -0.15) is 0 Å². The van der Waals surface area contributed by atoms with E-state index in [9.17, 15) is 38.4 Å². The number of fused-ring (bicyclic) bond motifs is 7. The Bertz CT molecular complexity index is 2360. The monoisotopic (exact) mass is 914 g/mol. The molecular formula is C51H62N8O8. The van der Waals surface area contributed by atoms with E-state index in [0.29, 0.717) is 44.2 Å². The summed E-state index contributed by atoms with van der Waals surface area (Å²) in [5.41, 5.74) is 2.76. The SMILES string of the molecule is CC(C)C[C@H]1NC(=O)[C@H]2CCCN2C(=O)[C@@H](C)N2C(=O)[C@@H](Cc3ccccc32)NC(=O)[C@H](Cc2ccccc2)NC(=O)[C@H]2CCCN2C(=O)[C@@H](Cc2ccccc2)NC(=O)[C@H]2CCCN2C1=O. The lowest BCUT2D eigenvalue weighted by atomic mass is 9.94. The molecule has 0 aromatic heterocycles. The number of para-hydroxylation sites is 1. The lowest BCUT2D eigenvalue weighted by Crippen LogP contribution is -2.63. The summed E-state index contributed by atoms with van der Waals surface area (Å²) in [6.07, 6.45) is 3.14. The van der Waals surface area contributed by atoms with Crippen LogP contribution in [0.3, 0.4) is 0 Å². The van der Waals surface area contributed by atoms with Crippen LogP contribution in [0.2, 0.25) is 0 Å². The standard InChI is InChI=1S/C51H62N8O8/c1-31(2)27-37-49(65)57-25-14-23-43(57)47(63)55-38(29-34-17-8-5-9-18-34)50(66)58-26-13-22-42(58)45(61)52-36(28-33-15-6-4-7-16-33)44(60)53-39-30-35-19-10-11-20-40(35)59(51(39)67)32(3)48(64)56-24-12-21-41(56)46(62)54-37/h4-11,15-20,31-32,36-39,41-43H,12-14,21-30H2,1-3H3,(H,52,61)(H,53,60)(H,54,62)(H,55,63)/t32-,36+,37-,38-,39-,41-,42-,43-/m1/s1. The molecule has 0 unspecified atom stereocenters. The van der Waals surface area contributed by atoms with Gasteiger partial charge in [-0.3, -0.25) is 43.3 Å². The molecule has 16 nitrogen and oxygen atoms in total. The smallest absolute Gasteiger partial charge is 0.250 e. The molecule has 0 saturated carbocycles. The number of amides is 8. The molecule has 4 saturated heterocycles. The molecule has 67 heavy (non-hydrogen) atoms. The summed E-state index contributed by atoms with van der Waals surface area (Å²) in [4.78, 5) is 122. The highest BCUT2D eigenvalue weighted by Gasteiger charge is 2.46. The number of nitrogens with zero attached hydrogens (tertiary/aromatic N) is 4. The van der Waals surface area contributed by atoms with Crippen LogP contribution >= 0.6 is 0 Å². The molecule has 16 heteroatoms. The van der Waals surface area contributed by atoms with E-state index in [0.717, 1.165) is 16.7 Å². The summed E-state index contributed by atoms with van der Waals surface area (Å²) in [5.74, 6) is -4.06. The molecule has 4 N–H and O–H groups in total. The minimum absolute atomic E-state index is 0.0250. The molecule has 5 aliphatic rings. The van der Waals surface area contributed by atoms with E-state index in [4.69, 9.17) is 0 Å². The number of nitrogens with one attached hydrogen (secondary N) is 4. The van der Waals surface area contributed by atoms with Crippen LogP contribution in [0.1, 0.15) is 82.4 Å². The minimum Gasteiger partial charge on any atom is -0.342 e. The van der Waals surface area contributed by atoms with Gasteiger partial charge in [0.15, 0.2) is 0 Å². The van der Waals surface area contributed by atoms with Crippen LogP contribution < -0.4 is 26.2 Å². The van der Waals surface area contributed by atoms with E-state index in [2.05, 4.69) is 21.3 Å². The van der Waals surface area contributed by atoms with Crippen LogP contribution in [0.5, 0.6) is 0 Å². The van der Waals surface area contributed by atoms with Crippen LogP contribution in [0.4, 0.5) is 5.69 Å². The van der Waals surface area contributed by atoms with E-state index in [-0.39, 0.29) is 51.2 Å². The largest absolute Gasteiger partial charge is 0.342 e. The highest BCUT2D eigenvalue weighted by atomic mass is 16.2. The maximum atomic E-state index is 14.8. The second-order valence-corrected chi connectivity index (χ2v) is 19.0. The van der Waals surface area contributed by atoms with Crippen molar-refractivity contribution in [3.8, 4) is 0 Å². The Labute approximate surface area is 391 Å². The molecule has 354 valence electrons. The molecule has 4 fully saturated rings. The Balaban J connectivity index is 1.17. The average molecular weight is 915 g/mol. The van der Waals surface area contributed by atoms with Crippen LogP contribution in [0.25, 0.3) is 0 Å². The van der Waals surface area contributed by atoms with Gasteiger partial charge >= 0.3 is 0 Å². The molecule has 3 aromatic rings. The second kappa shape index (κ2) is 20.5. The maximum Gasteiger partial charge on any atom is 0.250 e. The van der Waals surface area contributed by atoms with E-state index >= 15 is 0 Å². The van der Waals surface area contributed by atoms with Crippen molar-refractivity contribution < 1.29 is 38.4 Å². The first-order valence-corrected chi connectivity index (χ1v) is 23.9. The van der Waals surface area contributed by atoms with Crippen molar-refractivity contribution in [2.75, 3.05) is 24.5 Å². The molecule has 0 aliphatic carbocycles. The molecule has 8 atom stereocenters. The van der Waals surface area contributed by atoms with Crippen molar-refractivity contribution in [2.24, 2.45) is 5.92 Å². The Morgan fingerprint density at radius 2 is 0.955 bits per heavy atom. The molecule has 5 aliphatic heterocycles. The third-order valence-corrected chi connectivity index (χ3v) is 13.9. The van der Waals surface area contributed by atoms with Gasteiger partial charge in [0.25, 0.3) is 5.91 Å². The van der Waals surface area contributed by atoms with Gasteiger partial charge < -0.3 is 36.0 Å². The molecule has 5 heterocycles. The van der Waals surface area contributed by atoms with Crippen LogP contribution in [0, 0.1) is 5.92 Å². The number of anilines is 1. The zero-order chi connectivity index (χ0) is 47.4. The van der Waals surface area contributed by atoms with Gasteiger partial charge in [-0.05, 0) is 80.5 Å². The van der Waals surface area contributed by atoms with Crippen molar-refractivity contribution in [1.29, 1.82) is 0 Å². The summed E-state index contributed by atoms with van der Waals surface area (Å²) >= 11 is 0. The lowest BCUT2D eigenvalue weighted by Gasteiger charge is -2.39. The summed E-state index contributed by atoms with van der Waals surface area (Å²) in [6.45, 7) is 6.24. The Morgan fingerprint density at radius 1 is 0.507 bits per heavy atom. The highest BCUT2D eigenvalue weighted by Crippen LogP contribution is 2.32. The van der Waals surface area contributed by atoms with E-state index in [1.165, 1.54) is 19.6 Å². The molecule has 8 rings (SSSR count). The third-order valence-electron chi connectivity index (χ3n) is 13.9. The fraction of sp³-hybridized carbons (Fsp3) is 0.490. The van der Waals surface area contributed by atoms with Crippen LogP contribution in [-0.2, 0) is 57.6 Å². The van der Waals surface area contributed by atoms with Crippen molar-refractivity contribution in [3.05, 3.63) is 102 Å². The number of carbonyl (C=O) groups excluding carboxylic acids is 8. The molecule has 0 radical (unpaired) electrons. The van der Waals surface area contributed by atoms with Crippen molar-refractivity contribution in [2.45, 2.75) is 133 Å². The Hall–Kier alpha value is -6.58. The van der Waals surface area contributed by atoms with E-state index in [1.807, 2.05) is 86.6 Å². The van der Waals surface area contributed by atoms with Gasteiger partial charge in [0.1, 0.15) is 48.3 Å². The van der Waals surface area contributed by atoms with Crippen molar-refractivity contribution >= 4 is 52.9 Å². The number of benzene rings is 3. The highest BCUT2D eigenvalue weighted by molar-refractivity contribution is 6.08. The fourth-order valence-electron chi connectivity index (χ4n) is 10.6. The van der Waals surface area contributed by atoms with Gasteiger partial charge in [0, 0.05) is 44.6 Å². The Kier molecular flexibility index (Phi) is 14.4.